The van der Waals surface area contributed by atoms with E-state index in [1.165, 1.54) is 0 Å². The van der Waals surface area contributed by atoms with Crippen LogP contribution in [-0.4, -0.2) is 16.9 Å². The molecule has 0 amide bonds. The van der Waals surface area contributed by atoms with Crippen LogP contribution in [0.1, 0.15) is 29.7 Å². The van der Waals surface area contributed by atoms with Crippen molar-refractivity contribution < 1.29 is 9.47 Å². The number of nitrogens with two attached hydrogens (primary N) is 1. The lowest BCUT2D eigenvalue weighted by atomic mass is 9.95. The van der Waals surface area contributed by atoms with Crippen LogP contribution in [0, 0.1) is 0 Å². The third-order valence-corrected chi connectivity index (χ3v) is 3.45. The zero-order valence-corrected chi connectivity index (χ0v) is 11.0. The van der Waals surface area contributed by atoms with Gasteiger partial charge in [-0.1, -0.05) is 6.07 Å². The number of hydrogen-bond acceptors (Lipinski definition) is 4. The summed E-state index contributed by atoms with van der Waals surface area (Å²) in [4.78, 5) is 0. The van der Waals surface area contributed by atoms with E-state index in [0.29, 0.717) is 0 Å². The van der Waals surface area contributed by atoms with E-state index in [-0.39, 0.29) is 12.1 Å². The highest BCUT2D eigenvalue weighted by molar-refractivity contribution is 5.44. The predicted octanol–water partition coefficient (Wildman–Crippen LogP) is 1.95. The van der Waals surface area contributed by atoms with E-state index in [0.717, 1.165) is 29.0 Å². The Labute approximate surface area is 111 Å². The van der Waals surface area contributed by atoms with Crippen molar-refractivity contribution in [2.45, 2.75) is 18.6 Å². The molecule has 2 aromatic rings. The Balaban J connectivity index is 1.93. The van der Waals surface area contributed by atoms with Gasteiger partial charge in [0.2, 0.25) is 0 Å². The fourth-order valence-electron chi connectivity index (χ4n) is 2.42. The largest absolute Gasteiger partial charge is 0.497 e. The van der Waals surface area contributed by atoms with Crippen LogP contribution in [0.2, 0.25) is 0 Å². The number of methoxy groups -OCH3 is 1. The number of fused-ring (bicyclic) bond motifs is 1. The maximum Gasteiger partial charge on any atom is 0.129 e. The number of aryl methyl sites for hydroxylation is 1. The van der Waals surface area contributed by atoms with Crippen LogP contribution in [0.5, 0.6) is 11.5 Å². The molecule has 0 spiro atoms. The molecule has 3 rings (SSSR count). The topological polar surface area (TPSA) is 62.3 Å². The maximum atomic E-state index is 6.22. The number of ether oxygens (including phenoxy) is 2. The second-order valence-electron chi connectivity index (χ2n) is 4.80. The molecular formula is C14H17N3O2. The summed E-state index contributed by atoms with van der Waals surface area (Å²) in [6.45, 7) is 0. The van der Waals surface area contributed by atoms with Crippen molar-refractivity contribution in [2.75, 3.05) is 7.11 Å². The molecule has 2 N–H and O–H groups in total. The van der Waals surface area contributed by atoms with E-state index in [4.69, 9.17) is 15.2 Å². The van der Waals surface area contributed by atoms with Gasteiger partial charge in [0.25, 0.3) is 0 Å². The summed E-state index contributed by atoms with van der Waals surface area (Å²) in [6, 6.07) is 5.74. The van der Waals surface area contributed by atoms with E-state index in [1.54, 1.807) is 11.8 Å². The molecule has 1 aromatic heterocycles. The summed E-state index contributed by atoms with van der Waals surface area (Å²) in [6.07, 6.45) is 4.49. The normalized spacial score (nSPS) is 21.6. The molecule has 2 unspecified atom stereocenters. The second-order valence-corrected chi connectivity index (χ2v) is 4.80. The zero-order chi connectivity index (χ0) is 13.4. The average Bonchev–Trinajstić information content (AvgIpc) is 2.84. The van der Waals surface area contributed by atoms with Crippen molar-refractivity contribution in [3.8, 4) is 11.5 Å². The number of rotatable bonds is 2. The summed E-state index contributed by atoms with van der Waals surface area (Å²) in [5.41, 5.74) is 8.30. The molecule has 0 aliphatic carbocycles. The van der Waals surface area contributed by atoms with E-state index in [1.807, 2.05) is 37.6 Å². The number of aromatic nitrogens is 2. The molecule has 100 valence electrons. The molecule has 1 aliphatic rings. The minimum Gasteiger partial charge on any atom is -0.497 e. The SMILES string of the molecule is COc1ccc2c(c1)OC(c1cnn(C)c1)CC2N. The minimum absolute atomic E-state index is 0.0279. The maximum absolute atomic E-state index is 6.22. The molecule has 5 heteroatoms. The van der Waals surface area contributed by atoms with Crippen molar-refractivity contribution in [1.82, 2.24) is 9.78 Å². The van der Waals surface area contributed by atoms with Crippen LogP contribution in [0.15, 0.2) is 30.6 Å². The average molecular weight is 259 g/mol. The highest BCUT2D eigenvalue weighted by Gasteiger charge is 2.28. The monoisotopic (exact) mass is 259 g/mol. The van der Waals surface area contributed by atoms with Crippen molar-refractivity contribution in [1.29, 1.82) is 0 Å². The second kappa shape index (κ2) is 4.59. The van der Waals surface area contributed by atoms with Gasteiger partial charge in [-0.15, -0.1) is 0 Å². The first-order valence-corrected chi connectivity index (χ1v) is 6.26. The van der Waals surface area contributed by atoms with Gasteiger partial charge < -0.3 is 15.2 Å². The predicted molar refractivity (Wildman–Crippen MR) is 71.1 cm³/mol. The first kappa shape index (κ1) is 12.0. The van der Waals surface area contributed by atoms with E-state index < -0.39 is 0 Å². The lowest BCUT2D eigenvalue weighted by molar-refractivity contribution is 0.161. The molecule has 2 atom stereocenters. The first-order valence-electron chi connectivity index (χ1n) is 6.26. The fraction of sp³-hybridized carbons (Fsp3) is 0.357. The van der Waals surface area contributed by atoms with Crippen LogP contribution in [0.3, 0.4) is 0 Å². The summed E-state index contributed by atoms with van der Waals surface area (Å²) in [7, 11) is 3.53. The molecule has 0 saturated heterocycles. The molecule has 1 aromatic carbocycles. The summed E-state index contributed by atoms with van der Waals surface area (Å²) in [5, 5.41) is 4.18. The van der Waals surface area contributed by atoms with E-state index in [9.17, 15) is 0 Å². The van der Waals surface area contributed by atoms with Crippen LogP contribution in [-0.2, 0) is 7.05 Å². The quantitative estimate of drug-likeness (QED) is 0.895. The Bertz CT molecular complexity index is 594. The lowest BCUT2D eigenvalue weighted by Crippen LogP contribution is -2.23. The van der Waals surface area contributed by atoms with Gasteiger partial charge in [-0.05, 0) is 6.07 Å². The fourth-order valence-corrected chi connectivity index (χ4v) is 2.42. The van der Waals surface area contributed by atoms with Crippen molar-refractivity contribution in [2.24, 2.45) is 12.8 Å². The Morgan fingerprint density at radius 2 is 2.32 bits per heavy atom. The van der Waals surface area contributed by atoms with Gasteiger partial charge >= 0.3 is 0 Å². The third-order valence-electron chi connectivity index (χ3n) is 3.45. The molecule has 1 aliphatic heterocycles. The Kier molecular flexibility index (Phi) is 2.91. The van der Waals surface area contributed by atoms with Gasteiger partial charge in [0.15, 0.2) is 0 Å². The third kappa shape index (κ3) is 2.17. The highest BCUT2D eigenvalue weighted by Crippen LogP contribution is 2.41. The summed E-state index contributed by atoms with van der Waals surface area (Å²) < 4.78 is 13.0. The molecule has 0 saturated carbocycles. The highest BCUT2D eigenvalue weighted by atomic mass is 16.5. The Hall–Kier alpha value is -2.01. The van der Waals surface area contributed by atoms with Crippen molar-refractivity contribution in [3.63, 3.8) is 0 Å². The van der Waals surface area contributed by atoms with Gasteiger partial charge in [-0.25, -0.2) is 0 Å². The Morgan fingerprint density at radius 3 is 3.00 bits per heavy atom. The lowest BCUT2D eigenvalue weighted by Gasteiger charge is -2.30. The van der Waals surface area contributed by atoms with Crippen LogP contribution < -0.4 is 15.2 Å². The van der Waals surface area contributed by atoms with Gasteiger partial charge in [0.05, 0.1) is 13.3 Å². The molecule has 0 bridgehead atoms. The molecule has 5 nitrogen and oxygen atoms in total. The molecule has 0 radical (unpaired) electrons. The summed E-state index contributed by atoms with van der Waals surface area (Å²) >= 11 is 0. The van der Waals surface area contributed by atoms with Gasteiger partial charge in [0, 0.05) is 42.9 Å². The number of benzene rings is 1. The summed E-state index contributed by atoms with van der Waals surface area (Å²) in [5.74, 6) is 1.57. The van der Waals surface area contributed by atoms with Crippen molar-refractivity contribution >= 4 is 0 Å². The molecule has 19 heavy (non-hydrogen) atoms. The van der Waals surface area contributed by atoms with Gasteiger partial charge in [-0.3, -0.25) is 4.68 Å². The minimum atomic E-state index is -0.0525. The first-order chi connectivity index (χ1) is 9.17. The molecule has 0 fully saturated rings. The molecular weight excluding hydrogens is 242 g/mol. The van der Waals surface area contributed by atoms with Crippen LogP contribution in [0.25, 0.3) is 0 Å². The van der Waals surface area contributed by atoms with Crippen LogP contribution >= 0.6 is 0 Å². The van der Waals surface area contributed by atoms with Gasteiger partial charge in [0.1, 0.15) is 17.6 Å². The van der Waals surface area contributed by atoms with Crippen molar-refractivity contribution in [3.05, 3.63) is 41.7 Å². The van der Waals surface area contributed by atoms with Gasteiger partial charge in [-0.2, -0.15) is 5.10 Å². The standard InChI is InChI=1S/C14H17N3O2/c1-17-8-9(7-16-17)13-6-12(15)11-4-3-10(18-2)5-14(11)19-13/h3-5,7-8,12-13H,6,15H2,1-2H3. The van der Waals surface area contributed by atoms with E-state index >= 15 is 0 Å². The zero-order valence-electron chi connectivity index (χ0n) is 11.0. The van der Waals surface area contributed by atoms with E-state index in [2.05, 4.69) is 5.10 Å². The molecule has 2 heterocycles. The number of nitrogens with zero attached hydrogens (tertiary/aromatic N) is 2. The Morgan fingerprint density at radius 1 is 1.47 bits per heavy atom. The smallest absolute Gasteiger partial charge is 0.129 e. The number of hydrogen-bond donors (Lipinski definition) is 1. The van der Waals surface area contributed by atoms with Crippen LogP contribution in [0.4, 0.5) is 0 Å².